The van der Waals surface area contributed by atoms with Crippen molar-refractivity contribution >= 4 is 39.6 Å². The van der Waals surface area contributed by atoms with Crippen LogP contribution in [0, 0.1) is 5.82 Å². The lowest BCUT2D eigenvalue weighted by Crippen LogP contribution is -2.48. The van der Waals surface area contributed by atoms with Crippen LogP contribution in [-0.2, 0) is 22.6 Å². The van der Waals surface area contributed by atoms with Crippen LogP contribution in [0.3, 0.4) is 0 Å². The number of nitrogens with one attached hydrogen (secondary N) is 1. The second-order valence-corrected chi connectivity index (χ2v) is 10.3. The number of aromatic nitrogens is 3. The van der Waals surface area contributed by atoms with Crippen LogP contribution in [0.4, 0.5) is 18.0 Å². The summed E-state index contributed by atoms with van der Waals surface area (Å²) in [6.45, 7) is -0.591. The number of pyridine rings is 1. The Bertz CT molecular complexity index is 1720. The molecule has 9 nitrogen and oxygen atoms in total. The standard InChI is InChI=1S/C28H25F3N6O3/c29-18-9-17-13-35(27(39)36-7-8-40-16-28(30,31)15-36)6-5-34-14-20(19(10-18)26(17)34)25-24(22(38)12-33-25)21-11-32-23-3-1-2-4-37(21)23/h1-4,9-11,14,33H,5-8,12-13,15-16H2. The third-order valence-corrected chi connectivity index (χ3v) is 7.67. The molecule has 0 atom stereocenters. The van der Waals surface area contributed by atoms with E-state index in [-0.39, 0.29) is 38.6 Å². The summed E-state index contributed by atoms with van der Waals surface area (Å²) in [6, 6.07) is 7.85. The molecule has 3 aliphatic rings. The van der Waals surface area contributed by atoms with E-state index in [0.29, 0.717) is 45.7 Å². The lowest BCUT2D eigenvalue weighted by Gasteiger charge is -2.30. The van der Waals surface area contributed by atoms with Gasteiger partial charge in [-0.15, -0.1) is 0 Å². The van der Waals surface area contributed by atoms with Crippen LogP contribution in [0.25, 0.3) is 27.8 Å². The molecule has 4 aromatic rings. The van der Waals surface area contributed by atoms with Crippen molar-refractivity contribution < 1.29 is 27.5 Å². The van der Waals surface area contributed by atoms with Gasteiger partial charge < -0.3 is 24.4 Å². The summed E-state index contributed by atoms with van der Waals surface area (Å²) in [6.07, 6.45) is 5.36. The van der Waals surface area contributed by atoms with E-state index in [9.17, 15) is 18.4 Å². The van der Waals surface area contributed by atoms with Gasteiger partial charge in [-0.3, -0.25) is 9.20 Å². The molecule has 6 heterocycles. The molecule has 3 aliphatic heterocycles. The number of Topliss-reactive ketones (excluding diaryl/α,β-unsaturated/α-hetero) is 1. The molecule has 40 heavy (non-hydrogen) atoms. The van der Waals surface area contributed by atoms with Gasteiger partial charge in [-0.1, -0.05) is 6.07 Å². The number of carbonyl (C=O) groups excluding carboxylic acids is 2. The summed E-state index contributed by atoms with van der Waals surface area (Å²) in [5.74, 6) is -3.73. The van der Waals surface area contributed by atoms with Gasteiger partial charge in [0.25, 0.3) is 5.92 Å². The minimum Gasteiger partial charge on any atom is -0.376 e. The molecule has 1 N–H and O–H groups in total. The Hall–Kier alpha value is -4.32. The van der Waals surface area contributed by atoms with E-state index in [0.717, 1.165) is 10.4 Å². The third-order valence-electron chi connectivity index (χ3n) is 7.67. The molecule has 0 bridgehead atoms. The maximum absolute atomic E-state index is 15.1. The molecule has 206 valence electrons. The van der Waals surface area contributed by atoms with E-state index in [4.69, 9.17) is 4.74 Å². The number of fused-ring (bicyclic) bond motifs is 1. The van der Waals surface area contributed by atoms with Crippen molar-refractivity contribution in [1.29, 1.82) is 0 Å². The van der Waals surface area contributed by atoms with Gasteiger partial charge in [0.1, 0.15) is 18.1 Å². The van der Waals surface area contributed by atoms with E-state index in [1.807, 2.05) is 39.6 Å². The number of benzene rings is 1. The Morgan fingerprint density at radius 1 is 1.12 bits per heavy atom. The number of urea groups is 1. The van der Waals surface area contributed by atoms with E-state index in [1.54, 1.807) is 6.20 Å². The number of ether oxygens (including phenoxy) is 1. The largest absolute Gasteiger partial charge is 0.376 e. The van der Waals surface area contributed by atoms with Crippen LogP contribution in [0.15, 0.2) is 48.9 Å². The molecule has 7 rings (SSSR count). The number of nitrogens with zero attached hydrogens (tertiary/aromatic N) is 5. The number of rotatable bonds is 2. The Balaban J connectivity index is 1.30. The third kappa shape index (κ3) is 4.01. The number of hydrogen-bond acceptors (Lipinski definition) is 5. The van der Waals surface area contributed by atoms with Gasteiger partial charge in [0.15, 0.2) is 5.78 Å². The number of alkyl halides is 2. The van der Waals surface area contributed by atoms with Gasteiger partial charge in [-0.25, -0.2) is 22.9 Å². The van der Waals surface area contributed by atoms with Crippen LogP contribution in [-0.4, -0.2) is 80.9 Å². The zero-order chi connectivity index (χ0) is 27.6. The minimum absolute atomic E-state index is 0.0262. The van der Waals surface area contributed by atoms with E-state index in [1.165, 1.54) is 17.0 Å². The average Bonchev–Trinajstić information content (AvgIpc) is 3.54. The summed E-state index contributed by atoms with van der Waals surface area (Å²) in [5.41, 5.74) is 4.38. The molecule has 0 radical (unpaired) electrons. The normalized spacial score (nSPS) is 19.3. The first kappa shape index (κ1) is 24.7. The van der Waals surface area contributed by atoms with Crippen molar-refractivity contribution in [2.45, 2.75) is 19.0 Å². The number of hydrogen-bond donors (Lipinski definition) is 1. The molecular formula is C28H25F3N6O3. The smallest absolute Gasteiger partial charge is 0.320 e. The quantitative estimate of drug-likeness (QED) is 0.414. The molecule has 0 saturated carbocycles. The first-order chi connectivity index (χ1) is 19.3. The maximum atomic E-state index is 15.1. The van der Waals surface area contributed by atoms with Crippen molar-refractivity contribution in [2.75, 3.05) is 39.4 Å². The van der Waals surface area contributed by atoms with Gasteiger partial charge >= 0.3 is 6.03 Å². The Kier molecular flexibility index (Phi) is 5.63. The molecule has 3 aromatic heterocycles. The zero-order valence-corrected chi connectivity index (χ0v) is 21.4. The predicted molar refractivity (Wildman–Crippen MR) is 140 cm³/mol. The van der Waals surface area contributed by atoms with Gasteiger partial charge in [-0.05, 0) is 29.8 Å². The second-order valence-electron chi connectivity index (χ2n) is 10.3. The minimum atomic E-state index is -3.14. The summed E-state index contributed by atoms with van der Waals surface area (Å²) in [4.78, 5) is 33.4. The lowest BCUT2D eigenvalue weighted by molar-refractivity contribution is -0.112. The zero-order valence-electron chi connectivity index (χ0n) is 21.4. The van der Waals surface area contributed by atoms with Gasteiger partial charge in [0.05, 0.1) is 48.4 Å². The highest BCUT2D eigenvalue weighted by Gasteiger charge is 2.38. The lowest BCUT2D eigenvalue weighted by atomic mass is 10.0. The fraction of sp³-hybridized carbons (Fsp3) is 0.321. The molecule has 0 unspecified atom stereocenters. The Morgan fingerprint density at radius 3 is 2.88 bits per heavy atom. The van der Waals surface area contributed by atoms with Crippen LogP contribution >= 0.6 is 0 Å². The number of amides is 2. The van der Waals surface area contributed by atoms with Crippen LogP contribution in [0.1, 0.15) is 16.8 Å². The highest BCUT2D eigenvalue weighted by atomic mass is 19.3. The number of ketones is 1. The fourth-order valence-corrected chi connectivity index (χ4v) is 5.93. The van der Waals surface area contributed by atoms with E-state index >= 15 is 4.39 Å². The van der Waals surface area contributed by atoms with E-state index < -0.39 is 30.9 Å². The summed E-state index contributed by atoms with van der Waals surface area (Å²) in [7, 11) is 0. The predicted octanol–water partition coefficient (Wildman–Crippen LogP) is 3.37. The van der Waals surface area contributed by atoms with Gasteiger partial charge in [0, 0.05) is 49.5 Å². The average molecular weight is 551 g/mol. The summed E-state index contributed by atoms with van der Waals surface area (Å²) < 4.78 is 52.1. The SMILES string of the molecule is O=C1CNC(c2cn3c4c(cc(F)cc24)CN(C(=O)N2CCOCC(F)(F)C2)CC3)=C1c1cnc2ccccn12. The summed E-state index contributed by atoms with van der Waals surface area (Å²) >= 11 is 0. The number of imidazole rings is 1. The highest BCUT2D eigenvalue weighted by Crippen LogP contribution is 2.37. The molecule has 1 aromatic carbocycles. The molecule has 0 spiro atoms. The van der Waals surface area contributed by atoms with Crippen LogP contribution in [0.2, 0.25) is 0 Å². The molecule has 2 amide bonds. The summed E-state index contributed by atoms with van der Waals surface area (Å²) in [5, 5.41) is 3.81. The molecule has 1 saturated heterocycles. The van der Waals surface area contributed by atoms with Crippen LogP contribution in [0.5, 0.6) is 0 Å². The molecular weight excluding hydrogens is 525 g/mol. The molecule has 0 aliphatic carbocycles. The first-order valence-corrected chi connectivity index (χ1v) is 13.0. The number of carbonyl (C=O) groups is 2. The van der Waals surface area contributed by atoms with Crippen LogP contribution < -0.4 is 5.32 Å². The Morgan fingerprint density at radius 2 is 2.00 bits per heavy atom. The van der Waals surface area contributed by atoms with Crippen molar-refractivity contribution in [2.24, 2.45) is 0 Å². The maximum Gasteiger partial charge on any atom is 0.320 e. The van der Waals surface area contributed by atoms with Gasteiger partial charge in [0.2, 0.25) is 0 Å². The second kappa shape index (κ2) is 9.12. The van der Waals surface area contributed by atoms with Crippen molar-refractivity contribution in [1.82, 2.24) is 29.1 Å². The number of halogens is 3. The molecule has 12 heteroatoms. The first-order valence-electron chi connectivity index (χ1n) is 13.0. The van der Waals surface area contributed by atoms with Crippen molar-refractivity contribution in [3.05, 3.63) is 71.6 Å². The van der Waals surface area contributed by atoms with E-state index in [2.05, 4.69) is 10.3 Å². The fourth-order valence-electron chi connectivity index (χ4n) is 5.93. The molecule has 1 fully saturated rings. The Labute approximate surface area is 226 Å². The van der Waals surface area contributed by atoms with Gasteiger partial charge in [-0.2, -0.15) is 0 Å². The van der Waals surface area contributed by atoms with Crippen molar-refractivity contribution in [3.63, 3.8) is 0 Å². The topological polar surface area (TPSA) is 84.1 Å². The highest BCUT2D eigenvalue weighted by molar-refractivity contribution is 6.32. The monoisotopic (exact) mass is 550 g/mol. The van der Waals surface area contributed by atoms with Crippen molar-refractivity contribution in [3.8, 4) is 0 Å².